The molecule has 0 atom stereocenters. The molecule has 1 aromatic heterocycles. The van der Waals surface area contributed by atoms with Crippen molar-refractivity contribution >= 4 is 28.7 Å². The van der Waals surface area contributed by atoms with E-state index in [0.717, 1.165) is 6.54 Å². The maximum atomic E-state index is 12.4. The van der Waals surface area contributed by atoms with Crippen molar-refractivity contribution in [3.63, 3.8) is 0 Å². The number of carbonyl (C=O) groups excluding carboxylic acids is 1. The summed E-state index contributed by atoms with van der Waals surface area (Å²) in [4.78, 5) is 14.7. The zero-order valence-electron chi connectivity index (χ0n) is 11.1. The highest BCUT2D eigenvalue weighted by molar-refractivity contribution is 7.07. The van der Waals surface area contributed by atoms with Crippen LogP contribution in [0.5, 0.6) is 0 Å². The number of rotatable bonds is 6. The van der Waals surface area contributed by atoms with E-state index in [0.29, 0.717) is 23.2 Å². The van der Waals surface area contributed by atoms with E-state index >= 15 is 0 Å². The molecule has 1 aliphatic carbocycles. The first-order valence-corrected chi connectivity index (χ1v) is 8.08. The van der Waals surface area contributed by atoms with Gasteiger partial charge in [-0.25, -0.2) is 0 Å². The Morgan fingerprint density at radius 3 is 2.85 bits per heavy atom. The second-order valence-electron chi connectivity index (χ2n) is 5.20. The molecular formula is C16H16ClNOS. The molecule has 3 rings (SSSR count). The van der Waals surface area contributed by atoms with Gasteiger partial charge < -0.3 is 0 Å². The van der Waals surface area contributed by atoms with Gasteiger partial charge in [-0.05, 0) is 47.4 Å². The van der Waals surface area contributed by atoms with Crippen LogP contribution in [0.25, 0.3) is 0 Å². The molecule has 2 aromatic rings. The third-order valence-corrected chi connectivity index (χ3v) is 4.49. The predicted molar refractivity (Wildman–Crippen MR) is 83.5 cm³/mol. The highest BCUT2D eigenvalue weighted by Crippen LogP contribution is 2.29. The Kier molecular flexibility index (Phi) is 4.20. The van der Waals surface area contributed by atoms with Crippen LogP contribution in [0.4, 0.5) is 0 Å². The second kappa shape index (κ2) is 6.08. The molecule has 0 unspecified atom stereocenters. The highest BCUT2D eigenvalue weighted by Gasteiger charge is 2.30. The lowest BCUT2D eigenvalue weighted by atomic mass is 10.1. The molecule has 2 nitrogen and oxygen atoms in total. The van der Waals surface area contributed by atoms with Crippen molar-refractivity contribution in [3.05, 3.63) is 57.2 Å². The monoisotopic (exact) mass is 305 g/mol. The fourth-order valence-electron chi connectivity index (χ4n) is 2.31. The van der Waals surface area contributed by atoms with Crippen molar-refractivity contribution in [1.29, 1.82) is 0 Å². The Bertz CT molecular complexity index is 592. The molecule has 20 heavy (non-hydrogen) atoms. The van der Waals surface area contributed by atoms with Crippen molar-refractivity contribution in [3.8, 4) is 0 Å². The Hall–Kier alpha value is -1.16. The summed E-state index contributed by atoms with van der Waals surface area (Å²) in [5.74, 6) is 0.148. The fraction of sp³-hybridized carbons (Fsp3) is 0.312. The topological polar surface area (TPSA) is 20.3 Å². The molecule has 104 valence electrons. The summed E-state index contributed by atoms with van der Waals surface area (Å²) in [6.07, 6.45) is 2.40. The van der Waals surface area contributed by atoms with Crippen molar-refractivity contribution < 1.29 is 4.79 Å². The Labute approximate surface area is 128 Å². The van der Waals surface area contributed by atoms with Gasteiger partial charge in [0.1, 0.15) is 0 Å². The molecular weight excluding hydrogens is 290 g/mol. The van der Waals surface area contributed by atoms with E-state index in [4.69, 9.17) is 11.6 Å². The first-order valence-electron chi connectivity index (χ1n) is 6.76. The molecule has 1 aliphatic rings. The van der Waals surface area contributed by atoms with Crippen LogP contribution < -0.4 is 0 Å². The number of ketones is 1. The number of nitrogens with zero attached hydrogens (tertiary/aromatic N) is 1. The van der Waals surface area contributed by atoms with Gasteiger partial charge in [0.05, 0.1) is 6.54 Å². The van der Waals surface area contributed by atoms with Gasteiger partial charge in [-0.3, -0.25) is 9.69 Å². The number of hydrogen-bond donors (Lipinski definition) is 0. The van der Waals surface area contributed by atoms with Crippen LogP contribution in [-0.2, 0) is 6.54 Å². The lowest BCUT2D eigenvalue weighted by Gasteiger charge is -2.20. The minimum Gasteiger partial charge on any atom is -0.293 e. The maximum absolute atomic E-state index is 12.4. The lowest BCUT2D eigenvalue weighted by Crippen LogP contribution is -2.31. The summed E-state index contributed by atoms with van der Waals surface area (Å²) >= 11 is 7.65. The third-order valence-electron chi connectivity index (χ3n) is 3.52. The normalized spacial score (nSPS) is 14.7. The average Bonchev–Trinajstić information content (AvgIpc) is 3.16. The Balaban J connectivity index is 1.68. The third kappa shape index (κ3) is 3.48. The predicted octanol–water partition coefficient (Wildman–Crippen LogP) is 4.25. The zero-order chi connectivity index (χ0) is 13.9. The van der Waals surface area contributed by atoms with Gasteiger partial charge in [0, 0.05) is 23.2 Å². The van der Waals surface area contributed by atoms with Gasteiger partial charge in [0.25, 0.3) is 0 Å². The van der Waals surface area contributed by atoms with Gasteiger partial charge in [0.15, 0.2) is 5.78 Å². The minimum atomic E-state index is 0.148. The molecule has 0 amide bonds. The molecule has 1 fully saturated rings. The van der Waals surface area contributed by atoms with Gasteiger partial charge in [-0.2, -0.15) is 11.3 Å². The molecule has 4 heteroatoms. The van der Waals surface area contributed by atoms with Crippen LogP contribution in [0.2, 0.25) is 5.02 Å². The SMILES string of the molecule is O=C(CN(Cc1ccsc1)C1CC1)c1cccc(Cl)c1. The first kappa shape index (κ1) is 13.8. The Morgan fingerprint density at radius 2 is 2.20 bits per heavy atom. The van der Waals surface area contributed by atoms with Crippen molar-refractivity contribution in [2.24, 2.45) is 0 Å². The molecule has 0 bridgehead atoms. The number of thiophene rings is 1. The lowest BCUT2D eigenvalue weighted by molar-refractivity contribution is 0.0919. The minimum absolute atomic E-state index is 0.148. The number of hydrogen-bond acceptors (Lipinski definition) is 3. The van der Waals surface area contributed by atoms with Crippen LogP contribution in [0.1, 0.15) is 28.8 Å². The van der Waals surface area contributed by atoms with Gasteiger partial charge in [-0.15, -0.1) is 0 Å². The van der Waals surface area contributed by atoms with E-state index < -0.39 is 0 Å². The van der Waals surface area contributed by atoms with E-state index in [2.05, 4.69) is 21.7 Å². The fourth-order valence-corrected chi connectivity index (χ4v) is 3.16. The van der Waals surface area contributed by atoms with Crippen LogP contribution in [0.3, 0.4) is 0 Å². The molecule has 1 saturated carbocycles. The molecule has 0 aliphatic heterocycles. The maximum Gasteiger partial charge on any atom is 0.176 e. The van der Waals surface area contributed by atoms with E-state index in [1.807, 2.05) is 12.1 Å². The molecule has 0 N–H and O–H groups in total. The number of carbonyl (C=O) groups is 1. The van der Waals surface area contributed by atoms with Crippen LogP contribution >= 0.6 is 22.9 Å². The first-order chi connectivity index (χ1) is 9.72. The van der Waals surface area contributed by atoms with Gasteiger partial charge in [-0.1, -0.05) is 23.7 Å². The number of Topliss-reactive ketones (excluding diaryl/α,β-unsaturated/α-hetero) is 1. The summed E-state index contributed by atoms with van der Waals surface area (Å²) in [5.41, 5.74) is 1.99. The average molecular weight is 306 g/mol. The molecule has 1 heterocycles. The van der Waals surface area contributed by atoms with Gasteiger partial charge >= 0.3 is 0 Å². The van der Waals surface area contributed by atoms with Crippen LogP contribution in [0.15, 0.2) is 41.1 Å². The van der Waals surface area contributed by atoms with Gasteiger partial charge in [0.2, 0.25) is 0 Å². The summed E-state index contributed by atoms with van der Waals surface area (Å²) in [5, 5.41) is 4.85. The zero-order valence-corrected chi connectivity index (χ0v) is 12.7. The summed E-state index contributed by atoms with van der Waals surface area (Å²) < 4.78 is 0. The summed E-state index contributed by atoms with van der Waals surface area (Å²) in [7, 11) is 0. The second-order valence-corrected chi connectivity index (χ2v) is 6.42. The van der Waals surface area contributed by atoms with Crippen LogP contribution in [-0.4, -0.2) is 23.3 Å². The standard InChI is InChI=1S/C16H16ClNOS/c17-14-3-1-2-13(8-14)16(19)10-18(15-4-5-15)9-12-6-7-20-11-12/h1-3,6-8,11,15H,4-5,9-10H2. The summed E-state index contributed by atoms with van der Waals surface area (Å²) in [6.45, 7) is 1.33. The summed E-state index contributed by atoms with van der Waals surface area (Å²) in [6, 6.07) is 9.91. The van der Waals surface area contributed by atoms with E-state index in [-0.39, 0.29) is 5.78 Å². The quantitative estimate of drug-likeness (QED) is 0.744. The molecule has 0 radical (unpaired) electrons. The van der Waals surface area contributed by atoms with Crippen molar-refractivity contribution in [2.45, 2.75) is 25.4 Å². The smallest absolute Gasteiger partial charge is 0.176 e. The van der Waals surface area contributed by atoms with E-state index in [1.54, 1.807) is 23.5 Å². The highest BCUT2D eigenvalue weighted by atomic mass is 35.5. The van der Waals surface area contributed by atoms with Crippen molar-refractivity contribution in [1.82, 2.24) is 4.90 Å². The van der Waals surface area contributed by atoms with Crippen LogP contribution in [0, 0.1) is 0 Å². The largest absolute Gasteiger partial charge is 0.293 e. The number of benzene rings is 1. The Morgan fingerprint density at radius 1 is 1.35 bits per heavy atom. The molecule has 0 saturated heterocycles. The van der Waals surface area contributed by atoms with E-state index in [9.17, 15) is 4.79 Å². The van der Waals surface area contributed by atoms with E-state index in [1.165, 1.54) is 18.4 Å². The van der Waals surface area contributed by atoms with Crippen molar-refractivity contribution in [2.75, 3.05) is 6.54 Å². The number of halogens is 1. The molecule has 0 spiro atoms. The molecule has 1 aromatic carbocycles.